The zero-order valence-corrected chi connectivity index (χ0v) is 18.7. The minimum Gasteiger partial charge on any atom is -0.496 e. The van der Waals surface area contributed by atoms with Gasteiger partial charge in [0.15, 0.2) is 17.4 Å². The minimum atomic E-state index is 0. The van der Waals surface area contributed by atoms with Gasteiger partial charge in [0.25, 0.3) is 0 Å². The molecule has 9 nitrogen and oxygen atoms in total. The molecule has 4 N–H and O–H groups in total. The number of hydrogen-bond acceptors (Lipinski definition) is 7. The maximum absolute atomic E-state index is 5.88. The standard InChI is InChI=1S/C20H21N5O4.2ClH/c1-26-18-10-14(20(22)25-28-3)7-8-15(18)16-11-17(29-23-16)12-5-4-6-13(9-12)19(21)24-27-2;;/h4-11H,1-3H3,(H2,21,24)(H2,22,25);2*1H. The monoisotopic (exact) mass is 467 g/mol. The summed E-state index contributed by atoms with van der Waals surface area (Å²) in [4.78, 5) is 9.43. The van der Waals surface area contributed by atoms with Gasteiger partial charge >= 0.3 is 0 Å². The van der Waals surface area contributed by atoms with Crippen molar-refractivity contribution >= 4 is 36.5 Å². The Balaban J connectivity index is 0.00000240. The van der Waals surface area contributed by atoms with Crippen LogP contribution in [-0.4, -0.2) is 38.2 Å². The Labute approximate surface area is 191 Å². The molecule has 0 aliphatic rings. The highest BCUT2D eigenvalue weighted by Crippen LogP contribution is 2.33. The molecule has 0 fully saturated rings. The zero-order valence-electron chi connectivity index (χ0n) is 17.1. The Morgan fingerprint density at radius 1 is 0.871 bits per heavy atom. The predicted molar refractivity (Wildman–Crippen MR) is 124 cm³/mol. The number of rotatable bonds is 7. The summed E-state index contributed by atoms with van der Waals surface area (Å²) >= 11 is 0. The molecule has 0 unspecified atom stereocenters. The van der Waals surface area contributed by atoms with Gasteiger partial charge in [0.1, 0.15) is 25.7 Å². The molecule has 0 aliphatic heterocycles. The number of ether oxygens (including phenoxy) is 1. The highest BCUT2D eigenvalue weighted by atomic mass is 35.5. The molecule has 0 aliphatic carbocycles. The van der Waals surface area contributed by atoms with E-state index in [1.54, 1.807) is 19.2 Å². The Morgan fingerprint density at radius 2 is 1.52 bits per heavy atom. The van der Waals surface area contributed by atoms with Crippen LogP contribution in [0.2, 0.25) is 0 Å². The lowest BCUT2D eigenvalue weighted by atomic mass is 10.0. The van der Waals surface area contributed by atoms with Gasteiger partial charge in [-0.05, 0) is 18.2 Å². The summed E-state index contributed by atoms with van der Waals surface area (Å²) in [5.41, 5.74) is 15.3. The number of nitrogens with zero attached hydrogens (tertiary/aromatic N) is 3. The Bertz CT molecular complexity index is 1070. The van der Waals surface area contributed by atoms with Gasteiger partial charge < -0.3 is 30.4 Å². The van der Waals surface area contributed by atoms with E-state index < -0.39 is 0 Å². The van der Waals surface area contributed by atoms with Gasteiger partial charge in [-0.15, -0.1) is 24.8 Å². The van der Waals surface area contributed by atoms with Crippen LogP contribution in [0.25, 0.3) is 22.6 Å². The van der Waals surface area contributed by atoms with E-state index in [1.165, 1.54) is 14.2 Å². The molecule has 3 rings (SSSR count). The van der Waals surface area contributed by atoms with Gasteiger partial charge in [-0.3, -0.25) is 0 Å². The van der Waals surface area contributed by atoms with Crippen LogP contribution in [0, 0.1) is 0 Å². The molecule has 0 bridgehead atoms. The maximum atomic E-state index is 5.88. The Morgan fingerprint density at radius 3 is 2.13 bits per heavy atom. The van der Waals surface area contributed by atoms with Gasteiger partial charge in [0.05, 0.1) is 7.11 Å². The fourth-order valence-electron chi connectivity index (χ4n) is 2.73. The van der Waals surface area contributed by atoms with Crippen molar-refractivity contribution in [2.45, 2.75) is 0 Å². The summed E-state index contributed by atoms with van der Waals surface area (Å²) < 4.78 is 11.0. The molecular formula is C20H23Cl2N5O4. The summed E-state index contributed by atoms with van der Waals surface area (Å²) in [5, 5.41) is 11.6. The fourth-order valence-corrected chi connectivity index (χ4v) is 2.73. The van der Waals surface area contributed by atoms with Crippen molar-refractivity contribution in [3.05, 3.63) is 59.7 Å². The quantitative estimate of drug-likeness (QED) is 0.309. The largest absolute Gasteiger partial charge is 0.496 e. The molecule has 1 heterocycles. The van der Waals surface area contributed by atoms with Crippen LogP contribution in [0.1, 0.15) is 11.1 Å². The van der Waals surface area contributed by atoms with Gasteiger partial charge in [-0.25, -0.2) is 0 Å². The van der Waals surface area contributed by atoms with E-state index >= 15 is 0 Å². The summed E-state index contributed by atoms with van der Waals surface area (Å²) in [6.07, 6.45) is 0. The van der Waals surface area contributed by atoms with E-state index in [1.807, 2.05) is 36.4 Å². The predicted octanol–water partition coefficient (Wildman–Crippen LogP) is 3.39. The lowest BCUT2D eigenvalue weighted by Gasteiger charge is -2.08. The smallest absolute Gasteiger partial charge is 0.170 e. The molecule has 0 saturated carbocycles. The molecule has 3 aromatic rings. The molecular weight excluding hydrogens is 445 g/mol. The number of halogens is 2. The van der Waals surface area contributed by atoms with E-state index in [9.17, 15) is 0 Å². The van der Waals surface area contributed by atoms with Crippen molar-refractivity contribution in [3.63, 3.8) is 0 Å². The molecule has 0 saturated heterocycles. The van der Waals surface area contributed by atoms with Crippen LogP contribution in [-0.2, 0) is 9.68 Å². The highest BCUT2D eigenvalue weighted by Gasteiger charge is 2.15. The van der Waals surface area contributed by atoms with Crippen molar-refractivity contribution in [1.29, 1.82) is 0 Å². The third-order valence-electron chi connectivity index (χ3n) is 4.11. The summed E-state index contributed by atoms with van der Waals surface area (Å²) in [5.74, 6) is 1.65. The summed E-state index contributed by atoms with van der Waals surface area (Å²) in [6.45, 7) is 0. The first-order valence-corrected chi connectivity index (χ1v) is 8.57. The van der Waals surface area contributed by atoms with Crippen LogP contribution < -0.4 is 16.2 Å². The van der Waals surface area contributed by atoms with E-state index in [0.717, 1.165) is 11.1 Å². The maximum Gasteiger partial charge on any atom is 0.170 e. The molecule has 1 aromatic heterocycles. The van der Waals surface area contributed by atoms with Crippen molar-refractivity contribution < 1.29 is 18.9 Å². The SMILES string of the molecule is CO/N=C(\N)c1cccc(-c2cc(-c3ccc(/C(N)=N/OC)cc3OC)no2)c1.Cl.Cl. The number of aromatic nitrogens is 1. The number of oxime groups is 2. The Hall–Kier alpha value is -3.43. The van der Waals surface area contributed by atoms with Crippen molar-refractivity contribution in [2.24, 2.45) is 21.8 Å². The number of hydrogen-bond donors (Lipinski definition) is 2. The number of benzene rings is 2. The average molecular weight is 468 g/mol. The lowest BCUT2D eigenvalue weighted by molar-refractivity contribution is 0.213. The van der Waals surface area contributed by atoms with E-state index in [-0.39, 0.29) is 36.5 Å². The summed E-state index contributed by atoms with van der Waals surface area (Å²) in [6, 6.07) is 14.6. The molecule has 31 heavy (non-hydrogen) atoms. The minimum absolute atomic E-state index is 0. The van der Waals surface area contributed by atoms with Gasteiger partial charge in [0.2, 0.25) is 0 Å². The van der Waals surface area contributed by atoms with Crippen molar-refractivity contribution in [1.82, 2.24) is 5.16 Å². The van der Waals surface area contributed by atoms with Crippen molar-refractivity contribution in [3.8, 4) is 28.3 Å². The second kappa shape index (κ2) is 11.7. The van der Waals surface area contributed by atoms with Crippen LogP contribution in [0.5, 0.6) is 5.75 Å². The van der Waals surface area contributed by atoms with Crippen LogP contribution in [0.15, 0.2) is 63.4 Å². The first-order chi connectivity index (χ1) is 14.1. The topological polar surface area (TPSA) is 130 Å². The summed E-state index contributed by atoms with van der Waals surface area (Å²) in [7, 11) is 4.43. The van der Waals surface area contributed by atoms with Crippen LogP contribution >= 0.6 is 24.8 Å². The lowest BCUT2D eigenvalue weighted by Crippen LogP contribution is -2.13. The van der Waals surface area contributed by atoms with Gasteiger partial charge in [-0.2, -0.15) is 0 Å². The first-order valence-electron chi connectivity index (χ1n) is 8.57. The number of nitrogens with two attached hydrogens (primary N) is 2. The first kappa shape index (κ1) is 25.6. The normalized spacial score (nSPS) is 11.2. The zero-order chi connectivity index (χ0) is 20.8. The molecule has 0 radical (unpaired) electrons. The van der Waals surface area contributed by atoms with Gasteiger partial charge in [-0.1, -0.05) is 39.7 Å². The van der Waals surface area contributed by atoms with Crippen LogP contribution in [0.3, 0.4) is 0 Å². The Kier molecular flexibility index (Phi) is 9.65. The highest BCUT2D eigenvalue weighted by molar-refractivity contribution is 5.99. The molecule has 2 aromatic carbocycles. The van der Waals surface area contributed by atoms with Crippen molar-refractivity contribution in [2.75, 3.05) is 21.3 Å². The molecule has 0 atom stereocenters. The number of amidine groups is 2. The van der Waals surface area contributed by atoms with E-state index in [0.29, 0.717) is 28.3 Å². The molecule has 0 spiro atoms. The molecule has 166 valence electrons. The molecule has 11 heteroatoms. The average Bonchev–Trinajstić information content (AvgIpc) is 3.24. The van der Waals surface area contributed by atoms with Crippen LogP contribution in [0.4, 0.5) is 0 Å². The van der Waals surface area contributed by atoms with E-state index in [2.05, 4.69) is 15.5 Å². The number of methoxy groups -OCH3 is 1. The fraction of sp³-hybridized carbons (Fsp3) is 0.150. The second-order valence-corrected chi connectivity index (χ2v) is 5.89. The third-order valence-corrected chi connectivity index (χ3v) is 4.11. The molecule has 0 amide bonds. The van der Waals surface area contributed by atoms with E-state index in [4.69, 9.17) is 30.4 Å². The third kappa shape index (κ3) is 5.80. The second-order valence-electron chi connectivity index (χ2n) is 5.89. The van der Waals surface area contributed by atoms with Gasteiger partial charge in [0, 0.05) is 28.3 Å².